The van der Waals surface area contributed by atoms with E-state index in [-0.39, 0.29) is 17.7 Å². The van der Waals surface area contributed by atoms with Crippen molar-refractivity contribution in [2.45, 2.75) is 26.3 Å². The average molecular weight is 646 g/mol. The van der Waals surface area contributed by atoms with Crippen molar-refractivity contribution in [3.05, 3.63) is 95.3 Å². The molecular formula is C36H39N9O3. The number of urea groups is 1. The number of rotatable bonds is 8. The lowest BCUT2D eigenvalue weighted by Crippen LogP contribution is -2.49. The van der Waals surface area contributed by atoms with Gasteiger partial charge in [-0.25, -0.2) is 23.8 Å². The SMILES string of the molecule is CCc1c(-c2ccc(-n3c(OC)nn(C)c3=O)cc2-c2ccc(N3CCNC[C@H]3C)cc2)ccnc1N1CCN(c2cccnc2)C1=O. The van der Waals surface area contributed by atoms with Crippen LogP contribution in [0.15, 0.2) is 84.0 Å². The molecule has 0 aliphatic carbocycles. The summed E-state index contributed by atoms with van der Waals surface area (Å²) in [7, 11) is 3.11. The smallest absolute Gasteiger partial charge is 0.353 e. The van der Waals surface area contributed by atoms with Crippen molar-refractivity contribution in [2.24, 2.45) is 7.05 Å². The van der Waals surface area contributed by atoms with Crippen LogP contribution in [0.1, 0.15) is 19.4 Å². The van der Waals surface area contributed by atoms with Gasteiger partial charge in [-0.1, -0.05) is 25.1 Å². The number of benzene rings is 2. The van der Waals surface area contributed by atoms with Crippen molar-refractivity contribution in [1.82, 2.24) is 29.6 Å². The fraction of sp³-hybridized carbons (Fsp3) is 0.306. The number of nitrogens with one attached hydrogen (secondary N) is 1. The van der Waals surface area contributed by atoms with Gasteiger partial charge in [0.15, 0.2) is 0 Å². The number of hydrogen-bond donors (Lipinski definition) is 1. The largest absolute Gasteiger partial charge is 0.467 e. The van der Waals surface area contributed by atoms with Crippen LogP contribution in [-0.2, 0) is 13.5 Å². The number of nitrogens with zero attached hydrogens (tertiary/aromatic N) is 8. The number of anilines is 3. The Balaban J connectivity index is 1.34. The zero-order valence-electron chi connectivity index (χ0n) is 27.6. The highest BCUT2D eigenvalue weighted by molar-refractivity contribution is 6.06. The zero-order valence-corrected chi connectivity index (χ0v) is 27.6. The summed E-state index contributed by atoms with van der Waals surface area (Å²) < 4.78 is 8.22. The maximum absolute atomic E-state index is 13.7. The maximum atomic E-state index is 13.7. The van der Waals surface area contributed by atoms with Crippen LogP contribution in [0.2, 0.25) is 0 Å². The van der Waals surface area contributed by atoms with Gasteiger partial charge in [0.2, 0.25) is 0 Å². The van der Waals surface area contributed by atoms with Crippen LogP contribution >= 0.6 is 0 Å². The molecule has 7 rings (SSSR count). The lowest BCUT2D eigenvalue weighted by Gasteiger charge is -2.36. The molecule has 0 saturated carbocycles. The quantitative estimate of drug-likeness (QED) is 0.262. The Bertz CT molecular complexity index is 2010. The summed E-state index contributed by atoms with van der Waals surface area (Å²) in [5.74, 6) is 0.648. The highest BCUT2D eigenvalue weighted by Gasteiger charge is 2.33. The summed E-state index contributed by atoms with van der Waals surface area (Å²) in [6.45, 7) is 8.20. The van der Waals surface area contributed by atoms with Crippen LogP contribution in [-0.4, -0.2) is 76.2 Å². The molecule has 0 spiro atoms. The van der Waals surface area contributed by atoms with Gasteiger partial charge in [-0.3, -0.25) is 14.8 Å². The van der Waals surface area contributed by atoms with Crippen LogP contribution in [0.25, 0.3) is 27.9 Å². The molecule has 5 heterocycles. The minimum atomic E-state index is -0.306. The molecule has 2 amide bonds. The van der Waals surface area contributed by atoms with Crippen LogP contribution in [0.4, 0.5) is 22.0 Å². The first-order valence-corrected chi connectivity index (χ1v) is 16.3. The molecule has 0 radical (unpaired) electrons. The van der Waals surface area contributed by atoms with Crippen molar-refractivity contribution >= 4 is 23.2 Å². The van der Waals surface area contributed by atoms with Gasteiger partial charge in [0.25, 0.3) is 0 Å². The lowest BCUT2D eigenvalue weighted by atomic mass is 9.90. The van der Waals surface area contributed by atoms with E-state index in [1.807, 2.05) is 36.4 Å². The van der Waals surface area contributed by atoms with Crippen molar-refractivity contribution < 1.29 is 9.53 Å². The normalized spacial score (nSPS) is 16.5. The summed E-state index contributed by atoms with van der Waals surface area (Å²) >= 11 is 0. The molecule has 3 aromatic heterocycles. The Morgan fingerprint density at radius 1 is 0.896 bits per heavy atom. The predicted octanol–water partition coefficient (Wildman–Crippen LogP) is 4.51. The summed E-state index contributed by atoms with van der Waals surface area (Å²) in [6.07, 6.45) is 5.83. The summed E-state index contributed by atoms with van der Waals surface area (Å²) in [6, 6.07) is 20.8. The average Bonchev–Trinajstić information content (AvgIpc) is 3.65. The predicted molar refractivity (Wildman–Crippen MR) is 187 cm³/mol. The molecule has 5 aromatic rings. The Morgan fingerprint density at radius 3 is 2.42 bits per heavy atom. The van der Waals surface area contributed by atoms with Crippen molar-refractivity contribution in [2.75, 3.05) is 54.5 Å². The molecule has 246 valence electrons. The van der Waals surface area contributed by atoms with Gasteiger partial charge in [-0.15, -0.1) is 5.10 Å². The van der Waals surface area contributed by atoms with E-state index in [1.165, 1.54) is 22.0 Å². The van der Waals surface area contributed by atoms with Crippen molar-refractivity contribution in [3.63, 3.8) is 0 Å². The van der Waals surface area contributed by atoms with Gasteiger partial charge in [0.05, 0.1) is 24.7 Å². The fourth-order valence-electron chi connectivity index (χ4n) is 6.80. The van der Waals surface area contributed by atoms with E-state index in [1.54, 1.807) is 35.4 Å². The standard InChI is InChI=1S/C36H39N9O3/c1-5-29-31(14-16-39-33(29)44-20-19-43(36(44)47)28-7-6-15-37-23-28)30-13-12-27(45-34(48-4)40-41(3)35(45)46)21-32(30)25-8-10-26(11-9-25)42-18-17-38-22-24(42)2/h6-16,21,23-24,38H,5,17-20,22H2,1-4H3/t24-/m1/s1. The molecule has 2 aliphatic rings. The van der Waals surface area contributed by atoms with Crippen LogP contribution in [0.5, 0.6) is 6.01 Å². The van der Waals surface area contributed by atoms with E-state index in [9.17, 15) is 9.59 Å². The maximum Gasteiger partial charge on any atom is 0.353 e. The topological polar surface area (TPSA) is 114 Å². The molecule has 2 aliphatic heterocycles. The van der Waals surface area contributed by atoms with Gasteiger partial charge in [0.1, 0.15) is 5.82 Å². The van der Waals surface area contributed by atoms with E-state index in [0.717, 1.165) is 53.1 Å². The summed E-state index contributed by atoms with van der Waals surface area (Å²) in [4.78, 5) is 41.8. The molecule has 1 N–H and O–H groups in total. The Labute approximate surface area is 279 Å². The molecule has 48 heavy (non-hydrogen) atoms. The Hall–Kier alpha value is -5.49. The van der Waals surface area contributed by atoms with E-state index in [2.05, 4.69) is 58.4 Å². The van der Waals surface area contributed by atoms with Crippen LogP contribution in [0.3, 0.4) is 0 Å². The Morgan fingerprint density at radius 2 is 1.69 bits per heavy atom. The first-order chi connectivity index (χ1) is 23.4. The van der Waals surface area contributed by atoms with E-state index >= 15 is 0 Å². The van der Waals surface area contributed by atoms with Crippen molar-refractivity contribution in [3.8, 4) is 34.0 Å². The summed E-state index contributed by atoms with van der Waals surface area (Å²) in [5.41, 5.74) is 7.10. The lowest BCUT2D eigenvalue weighted by molar-refractivity contribution is 0.255. The number of carbonyl (C=O) groups excluding carboxylic acids is 1. The third-order valence-corrected chi connectivity index (χ3v) is 9.25. The number of methoxy groups -OCH3 is 1. The van der Waals surface area contributed by atoms with Gasteiger partial charge >= 0.3 is 17.7 Å². The number of carbonyl (C=O) groups is 1. The summed E-state index contributed by atoms with van der Waals surface area (Å²) in [5, 5.41) is 7.72. The van der Waals surface area contributed by atoms with Gasteiger partial charge < -0.3 is 15.0 Å². The molecule has 0 unspecified atom stereocenters. The highest BCUT2D eigenvalue weighted by atomic mass is 16.5. The molecule has 1 atom stereocenters. The number of aromatic nitrogens is 5. The molecule has 0 bridgehead atoms. The Kier molecular flexibility index (Phi) is 8.40. The van der Waals surface area contributed by atoms with Crippen molar-refractivity contribution in [1.29, 1.82) is 0 Å². The second kappa shape index (κ2) is 13.0. The van der Waals surface area contributed by atoms with Gasteiger partial charge in [-0.2, -0.15) is 0 Å². The first kappa shape index (κ1) is 31.1. The molecule has 2 fully saturated rings. The minimum absolute atomic E-state index is 0.126. The number of hydrogen-bond acceptors (Lipinski definition) is 8. The molecule has 2 saturated heterocycles. The fourth-order valence-corrected chi connectivity index (χ4v) is 6.80. The van der Waals surface area contributed by atoms with Crippen LogP contribution < -0.4 is 30.4 Å². The van der Waals surface area contributed by atoms with Gasteiger partial charge in [0, 0.05) is 69.5 Å². The number of piperazine rings is 1. The number of ether oxygens (including phenoxy) is 1. The zero-order chi connectivity index (χ0) is 33.4. The van der Waals surface area contributed by atoms with E-state index in [0.29, 0.717) is 37.1 Å². The molecular weight excluding hydrogens is 606 g/mol. The number of aryl methyl sites for hydroxylation is 1. The van der Waals surface area contributed by atoms with Gasteiger partial charge in [-0.05, 0) is 78.1 Å². The number of pyridine rings is 2. The van der Waals surface area contributed by atoms with E-state index in [4.69, 9.17) is 9.72 Å². The molecule has 12 nitrogen and oxygen atoms in total. The third-order valence-electron chi connectivity index (χ3n) is 9.25. The third kappa shape index (κ3) is 5.47. The van der Waals surface area contributed by atoms with E-state index < -0.39 is 0 Å². The second-order valence-corrected chi connectivity index (χ2v) is 12.1. The molecule has 2 aromatic carbocycles. The second-order valence-electron chi connectivity index (χ2n) is 12.1. The molecule has 12 heteroatoms. The first-order valence-electron chi connectivity index (χ1n) is 16.3. The minimum Gasteiger partial charge on any atom is -0.467 e. The highest BCUT2D eigenvalue weighted by Crippen LogP contribution is 2.40. The number of amides is 2. The monoisotopic (exact) mass is 645 g/mol. The van der Waals surface area contributed by atoms with Crippen LogP contribution in [0, 0.1) is 0 Å².